The van der Waals surface area contributed by atoms with Crippen LogP contribution in [0.3, 0.4) is 0 Å². The molecule has 0 saturated carbocycles. The van der Waals surface area contributed by atoms with E-state index in [1.807, 2.05) is 42.0 Å². The van der Waals surface area contributed by atoms with Crippen molar-refractivity contribution in [1.29, 1.82) is 5.26 Å². The molecule has 0 radical (unpaired) electrons. The summed E-state index contributed by atoms with van der Waals surface area (Å²) in [5.74, 6) is 0.693. The summed E-state index contributed by atoms with van der Waals surface area (Å²) in [6.45, 7) is 6.58. The topological polar surface area (TPSA) is 41.6 Å². The minimum Gasteiger partial charge on any atom is -0.327 e. The van der Waals surface area contributed by atoms with Gasteiger partial charge in [0.25, 0.3) is 0 Å². The van der Waals surface area contributed by atoms with E-state index in [1.54, 1.807) is 0 Å². The third-order valence-corrected chi connectivity index (χ3v) is 4.24. The summed E-state index contributed by atoms with van der Waals surface area (Å²) in [5, 5.41) is 9.60. The third kappa shape index (κ3) is 2.96. The second kappa shape index (κ2) is 5.98. The molecule has 3 nitrogen and oxygen atoms in total. The first-order valence-corrected chi connectivity index (χ1v) is 8.04. The Hall–Kier alpha value is -2.86. The molecule has 0 atom stereocenters. The molecule has 0 unspecified atom stereocenters. The highest BCUT2D eigenvalue weighted by molar-refractivity contribution is 5.90. The number of imidazole rings is 1. The molecule has 0 aliphatic heterocycles. The molecule has 0 amide bonds. The van der Waals surface area contributed by atoms with Gasteiger partial charge in [-0.1, -0.05) is 57.2 Å². The van der Waals surface area contributed by atoms with Crippen LogP contribution in [0.4, 0.5) is 0 Å². The van der Waals surface area contributed by atoms with E-state index in [4.69, 9.17) is 0 Å². The fourth-order valence-corrected chi connectivity index (χ4v) is 2.78. The van der Waals surface area contributed by atoms with E-state index in [9.17, 15) is 5.26 Å². The van der Waals surface area contributed by atoms with Gasteiger partial charge in [0.05, 0.1) is 16.6 Å². The van der Waals surface area contributed by atoms with Crippen molar-refractivity contribution in [3.8, 4) is 6.07 Å². The number of allylic oxidation sites excluding steroid dienone is 1. The third-order valence-electron chi connectivity index (χ3n) is 4.24. The maximum Gasteiger partial charge on any atom is 0.151 e. The van der Waals surface area contributed by atoms with Gasteiger partial charge >= 0.3 is 0 Å². The van der Waals surface area contributed by atoms with E-state index in [1.165, 1.54) is 5.56 Å². The largest absolute Gasteiger partial charge is 0.327 e. The summed E-state index contributed by atoms with van der Waals surface area (Å²) >= 11 is 0. The Bertz CT molecular complexity index is 945. The van der Waals surface area contributed by atoms with Crippen LogP contribution in [-0.2, 0) is 12.5 Å². The van der Waals surface area contributed by atoms with Crippen LogP contribution in [0.1, 0.15) is 37.7 Å². The van der Waals surface area contributed by atoms with Crippen molar-refractivity contribution < 1.29 is 0 Å². The number of aromatic nitrogens is 2. The number of benzene rings is 2. The number of para-hydroxylation sites is 2. The molecule has 0 aliphatic rings. The van der Waals surface area contributed by atoms with E-state index < -0.39 is 0 Å². The van der Waals surface area contributed by atoms with E-state index in [2.05, 4.69) is 56.1 Å². The van der Waals surface area contributed by atoms with Crippen LogP contribution >= 0.6 is 0 Å². The summed E-state index contributed by atoms with van der Waals surface area (Å²) in [6.07, 6.45) is 1.90. The van der Waals surface area contributed by atoms with Crippen LogP contribution in [0, 0.1) is 11.3 Å². The van der Waals surface area contributed by atoms with Crippen LogP contribution in [-0.4, -0.2) is 9.55 Å². The Morgan fingerprint density at radius 2 is 1.75 bits per heavy atom. The molecule has 24 heavy (non-hydrogen) atoms. The number of aryl methyl sites for hydroxylation is 1. The van der Waals surface area contributed by atoms with Gasteiger partial charge in [-0.25, -0.2) is 4.98 Å². The van der Waals surface area contributed by atoms with Crippen LogP contribution in [0.25, 0.3) is 22.7 Å². The molecule has 3 aromatic rings. The number of nitriles is 1. The van der Waals surface area contributed by atoms with Gasteiger partial charge in [-0.2, -0.15) is 5.26 Å². The SMILES string of the molecule is Cn1c(/C(C#N)=C\c2ccc(C(C)(C)C)cc2)nc2ccccc21. The number of hydrogen-bond acceptors (Lipinski definition) is 2. The molecule has 0 bridgehead atoms. The quantitative estimate of drug-likeness (QED) is 0.629. The van der Waals surface area contributed by atoms with Crippen LogP contribution in [0.2, 0.25) is 0 Å². The maximum atomic E-state index is 9.60. The molecular weight excluding hydrogens is 294 g/mol. The van der Waals surface area contributed by atoms with Gasteiger partial charge < -0.3 is 4.57 Å². The highest BCUT2D eigenvalue weighted by Crippen LogP contribution is 2.25. The zero-order valence-corrected chi connectivity index (χ0v) is 14.5. The van der Waals surface area contributed by atoms with Gasteiger partial charge in [-0.3, -0.25) is 0 Å². The normalized spacial score (nSPS) is 12.4. The lowest BCUT2D eigenvalue weighted by molar-refractivity contribution is 0.590. The second-order valence-electron chi connectivity index (χ2n) is 7.02. The monoisotopic (exact) mass is 315 g/mol. The van der Waals surface area contributed by atoms with Gasteiger partial charge in [0.2, 0.25) is 0 Å². The van der Waals surface area contributed by atoms with Gasteiger partial charge in [0.15, 0.2) is 5.82 Å². The fourth-order valence-electron chi connectivity index (χ4n) is 2.78. The number of fused-ring (bicyclic) bond motifs is 1. The predicted octanol–water partition coefficient (Wildman–Crippen LogP) is 4.93. The van der Waals surface area contributed by atoms with Gasteiger partial charge in [0, 0.05) is 7.05 Å². The Kier molecular flexibility index (Phi) is 3.99. The molecular formula is C21H21N3. The number of hydrogen-bond donors (Lipinski definition) is 0. The predicted molar refractivity (Wildman–Crippen MR) is 99.3 cm³/mol. The molecule has 2 aromatic carbocycles. The van der Waals surface area contributed by atoms with Crippen molar-refractivity contribution in [2.45, 2.75) is 26.2 Å². The average molecular weight is 315 g/mol. The minimum absolute atomic E-state index is 0.123. The fraction of sp³-hybridized carbons (Fsp3) is 0.238. The molecule has 1 heterocycles. The average Bonchev–Trinajstić information content (AvgIpc) is 2.89. The Morgan fingerprint density at radius 3 is 2.33 bits per heavy atom. The molecule has 3 heteroatoms. The Morgan fingerprint density at radius 1 is 1.08 bits per heavy atom. The van der Waals surface area contributed by atoms with Gasteiger partial charge in [-0.15, -0.1) is 0 Å². The van der Waals surface area contributed by atoms with Crippen LogP contribution in [0.5, 0.6) is 0 Å². The highest BCUT2D eigenvalue weighted by atomic mass is 15.1. The van der Waals surface area contributed by atoms with Crippen molar-refractivity contribution in [2.24, 2.45) is 7.05 Å². The molecule has 120 valence electrons. The first-order chi connectivity index (χ1) is 11.4. The van der Waals surface area contributed by atoms with Crippen molar-refractivity contribution in [2.75, 3.05) is 0 Å². The van der Waals surface area contributed by atoms with E-state index >= 15 is 0 Å². The maximum absolute atomic E-state index is 9.60. The standard InChI is InChI=1S/C21H21N3/c1-21(2,3)17-11-9-15(10-12-17)13-16(14-22)20-23-18-7-5-6-8-19(18)24(20)4/h5-13H,1-4H3/b16-13-. The van der Waals surface area contributed by atoms with Gasteiger partial charge in [0.1, 0.15) is 6.07 Å². The Balaban J connectivity index is 2.03. The lowest BCUT2D eigenvalue weighted by Crippen LogP contribution is -2.10. The smallest absolute Gasteiger partial charge is 0.151 e. The lowest BCUT2D eigenvalue weighted by Gasteiger charge is -2.18. The summed E-state index contributed by atoms with van der Waals surface area (Å²) in [7, 11) is 1.94. The van der Waals surface area contributed by atoms with Crippen LogP contribution in [0.15, 0.2) is 48.5 Å². The molecule has 0 aliphatic carbocycles. The van der Waals surface area contributed by atoms with Crippen molar-refractivity contribution in [1.82, 2.24) is 9.55 Å². The molecule has 0 N–H and O–H groups in total. The molecule has 0 fully saturated rings. The van der Waals surface area contributed by atoms with Crippen LogP contribution < -0.4 is 0 Å². The lowest BCUT2D eigenvalue weighted by atomic mass is 9.86. The summed E-state index contributed by atoms with van der Waals surface area (Å²) < 4.78 is 1.97. The van der Waals surface area contributed by atoms with Gasteiger partial charge in [-0.05, 0) is 34.8 Å². The van der Waals surface area contributed by atoms with E-state index in [0.29, 0.717) is 11.4 Å². The van der Waals surface area contributed by atoms with Crippen molar-refractivity contribution >= 4 is 22.7 Å². The van der Waals surface area contributed by atoms with E-state index in [-0.39, 0.29) is 5.41 Å². The molecule has 0 saturated heterocycles. The number of rotatable bonds is 2. The molecule has 0 spiro atoms. The van der Waals surface area contributed by atoms with Crippen molar-refractivity contribution in [3.63, 3.8) is 0 Å². The minimum atomic E-state index is 0.123. The summed E-state index contributed by atoms with van der Waals surface area (Å²) in [5.41, 5.74) is 4.90. The first-order valence-electron chi connectivity index (χ1n) is 8.04. The molecule has 1 aromatic heterocycles. The highest BCUT2D eigenvalue weighted by Gasteiger charge is 2.14. The first kappa shape index (κ1) is 16.0. The zero-order valence-electron chi connectivity index (χ0n) is 14.5. The summed E-state index contributed by atoms with van der Waals surface area (Å²) in [6, 6.07) is 18.6. The second-order valence-corrected chi connectivity index (χ2v) is 7.02. The Labute approximate surface area is 142 Å². The summed E-state index contributed by atoms with van der Waals surface area (Å²) in [4.78, 5) is 4.61. The number of nitrogens with zero attached hydrogens (tertiary/aromatic N) is 3. The van der Waals surface area contributed by atoms with Crippen molar-refractivity contribution in [3.05, 3.63) is 65.5 Å². The van der Waals surface area contributed by atoms with E-state index in [0.717, 1.165) is 16.6 Å². The zero-order chi connectivity index (χ0) is 17.3. The molecule has 3 rings (SSSR count).